The van der Waals surface area contributed by atoms with Crippen LogP contribution in [0.3, 0.4) is 0 Å². The number of aliphatic imine (C=N–C) groups is 1. The molecular formula is C21H24N2O3S. The summed E-state index contributed by atoms with van der Waals surface area (Å²) in [7, 11) is 3.14. The molecule has 0 N–H and O–H groups in total. The average Bonchev–Trinajstić information content (AvgIpc) is 3.16. The van der Waals surface area contributed by atoms with Crippen LogP contribution in [0.5, 0.6) is 11.5 Å². The van der Waals surface area contributed by atoms with E-state index in [1.807, 2.05) is 0 Å². The molecule has 0 saturated heterocycles. The molecular weight excluding hydrogens is 360 g/mol. The van der Waals surface area contributed by atoms with E-state index < -0.39 is 0 Å². The van der Waals surface area contributed by atoms with Gasteiger partial charge in [-0.1, -0.05) is 35.5 Å². The Morgan fingerprint density at radius 3 is 2.63 bits per heavy atom. The number of hydrogen-bond donors (Lipinski definition) is 0. The first-order valence-corrected chi connectivity index (χ1v) is 9.79. The van der Waals surface area contributed by atoms with Crippen LogP contribution in [0.2, 0.25) is 0 Å². The molecule has 1 aliphatic heterocycles. The van der Waals surface area contributed by atoms with Crippen LogP contribution < -0.4 is 9.47 Å². The van der Waals surface area contributed by atoms with Crippen molar-refractivity contribution in [2.45, 2.75) is 19.6 Å². The minimum atomic E-state index is -0.0688. The molecule has 0 saturated carbocycles. The first kappa shape index (κ1) is 19.3. The number of hydrogen-bond acceptors (Lipinski definition) is 5. The van der Waals surface area contributed by atoms with Crippen LogP contribution in [0.25, 0.3) is 0 Å². The van der Waals surface area contributed by atoms with Crippen molar-refractivity contribution >= 4 is 22.8 Å². The van der Waals surface area contributed by atoms with Gasteiger partial charge < -0.3 is 9.47 Å². The van der Waals surface area contributed by atoms with Gasteiger partial charge in [-0.2, -0.15) is 0 Å². The van der Waals surface area contributed by atoms with Crippen LogP contribution in [0.15, 0.2) is 41.4 Å². The fraction of sp³-hybridized carbons (Fsp3) is 0.333. The van der Waals surface area contributed by atoms with Crippen molar-refractivity contribution in [3.63, 3.8) is 0 Å². The van der Waals surface area contributed by atoms with Gasteiger partial charge in [0.25, 0.3) is 5.91 Å². The highest BCUT2D eigenvalue weighted by Crippen LogP contribution is 2.29. The zero-order chi connectivity index (χ0) is 19.4. The van der Waals surface area contributed by atoms with E-state index in [1.54, 1.807) is 49.1 Å². The van der Waals surface area contributed by atoms with E-state index in [0.717, 1.165) is 10.9 Å². The summed E-state index contributed by atoms with van der Waals surface area (Å²) in [6.45, 7) is 5.43. The number of amides is 1. The predicted octanol–water partition coefficient (Wildman–Crippen LogP) is 4.07. The van der Waals surface area contributed by atoms with Gasteiger partial charge in [0, 0.05) is 17.9 Å². The van der Waals surface area contributed by atoms with Crippen LogP contribution >= 0.6 is 11.8 Å². The largest absolute Gasteiger partial charge is 0.493 e. The topological polar surface area (TPSA) is 51.1 Å². The van der Waals surface area contributed by atoms with Crippen LogP contribution in [0.4, 0.5) is 0 Å². The van der Waals surface area contributed by atoms with E-state index >= 15 is 0 Å². The fourth-order valence-electron chi connectivity index (χ4n) is 2.96. The highest BCUT2D eigenvalue weighted by molar-refractivity contribution is 8.13. The Kier molecular flexibility index (Phi) is 6.06. The Morgan fingerprint density at radius 1 is 1.11 bits per heavy atom. The summed E-state index contributed by atoms with van der Waals surface area (Å²) >= 11 is 1.61. The molecule has 6 heteroatoms. The Labute approximate surface area is 164 Å². The smallest absolute Gasteiger partial charge is 0.260 e. The highest BCUT2D eigenvalue weighted by Gasteiger charge is 2.26. The van der Waals surface area contributed by atoms with E-state index in [4.69, 9.17) is 9.47 Å². The number of ether oxygens (including phenoxy) is 2. The van der Waals surface area contributed by atoms with Crippen LogP contribution in [-0.4, -0.2) is 43.3 Å². The van der Waals surface area contributed by atoms with Gasteiger partial charge in [0.05, 0.1) is 20.8 Å². The predicted molar refractivity (Wildman–Crippen MR) is 110 cm³/mol. The Balaban J connectivity index is 1.74. The summed E-state index contributed by atoms with van der Waals surface area (Å²) in [6.07, 6.45) is 0. The third-order valence-corrected chi connectivity index (χ3v) is 5.60. The molecule has 0 fully saturated rings. The third kappa shape index (κ3) is 4.27. The zero-order valence-corrected chi connectivity index (χ0v) is 16.9. The Bertz CT molecular complexity index is 880. The SMILES string of the molecule is COc1ccc(C(=O)N2CCN=C2SCc2cc(C)ccc2C)cc1OC. The van der Waals surface area contributed by atoms with Crippen molar-refractivity contribution < 1.29 is 14.3 Å². The number of amidine groups is 1. The maximum atomic E-state index is 13.0. The molecule has 2 aromatic carbocycles. The molecule has 3 rings (SSSR count). The number of thioether (sulfide) groups is 1. The van der Waals surface area contributed by atoms with Gasteiger partial charge in [0.1, 0.15) is 0 Å². The van der Waals surface area contributed by atoms with E-state index in [1.165, 1.54) is 16.7 Å². The minimum Gasteiger partial charge on any atom is -0.493 e. The van der Waals surface area contributed by atoms with Crippen molar-refractivity contribution in [3.8, 4) is 11.5 Å². The molecule has 1 heterocycles. The summed E-state index contributed by atoms with van der Waals surface area (Å²) < 4.78 is 10.6. The van der Waals surface area contributed by atoms with Gasteiger partial charge in [0.15, 0.2) is 16.7 Å². The van der Waals surface area contributed by atoms with Crippen LogP contribution in [-0.2, 0) is 5.75 Å². The first-order valence-electron chi connectivity index (χ1n) is 8.80. The standard InChI is InChI=1S/C21H24N2O3S/c1-14-5-6-15(2)17(11-14)13-27-21-22-9-10-23(21)20(24)16-7-8-18(25-3)19(12-16)26-4/h5-8,11-12H,9-10,13H2,1-4H3. The van der Waals surface area contributed by atoms with Crippen molar-refractivity contribution in [3.05, 3.63) is 58.7 Å². The highest BCUT2D eigenvalue weighted by atomic mass is 32.2. The normalized spacial score (nSPS) is 13.5. The molecule has 0 spiro atoms. The quantitative estimate of drug-likeness (QED) is 0.780. The molecule has 5 nitrogen and oxygen atoms in total. The fourth-order valence-corrected chi connectivity index (χ4v) is 4.07. The first-order chi connectivity index (χ1) is 13.0. The summed E-state index contributed by atoms with van der Waals surface area (Å²) in [6, 6.07) is 11.7. The molecule has 27 heavy (non-hydrogen) atoms. The number of carbonyl (C=O) groups is 1. The summed E-state index contributed by atoms with van der Waals surface area (Å²) in [5.74, 6) is 1.88. The maximum absolute atomic E-state index is 13.0. The van der Waals surface area contributed by atoms with Gasteiger partial charge in [0.2, 0.25) is 0 Å². The second-order valence-electron chi connectivity index (χ2n) is 6.41. The number of aryl methyl sites for hydroxylation is 2. The van der Waals surface area contributed by atoms with Crippen LogP contribution in [0.1, 0.15) is 27.0 Å². The average molecular weight is 385 g/mol. The number of rotatable bonds is 5. The Hall–Kier alpha value is -2.47. The second kappa shape index (κ2) is 8.48. The lowest BCUT2D eigenvalue weighted by atomic mass is 10.1. The van der Waals surface area contributed by atoms with Crippen molar-refractivity contribution in [2.75, 3.05) is 27.3 Å². The summed E-state index contributed by atoms with van der Waals surface area (Å²) in [4.78, 5) is 19.3. The van der Waals surface area contributed by atoms with Crippen molar-refractivity contribution in [1.29, 1.82) is 0 Å². The molecule has 0 atom stereocenters. The minimum absolute atomic E-state index is 0.0688. The molecule has 0 unspecified atom stereocenters. The molecule has 142 valence electrons. The molecule has 1 amide bonds. The zero-order valence-electron chi connectivity index (χ0n) is 16.1. The Morgan fingerprint density at radius 2 is 1.89 bits per heavy atom. The summed E-state index contributed by atoms with van der Waals surface area (Å²) in [5, 5.41) is 0.774. The van der Waals surface area contributed by atoms with Crippen molar-refractivity contribution in [2.24, 2.45) is 4.99 Å². The lowest BCUT2D eigenvalue weighted by Crippen LogP contribution is -2.32. The lowest BCUT2D eigenvalue weighted by Gasteiger charge is -2.19. The van der Waals surface area contributed by atoms with Gasteiger partial charge >= 0.3 is 0 Å². The lowest BCUT2D eigenvalue weighted by molar-refractivity contribution is 0.0860. The number of carbonyl (C=O) groups excluding carboxylic acids is 1. The number of benzene rings is 2. The molecule has 0 bridgehead atoms. The number of methoxy groups -OCH3 is 2. The monoisotopic (exact) mass is 384 g/mol. The number of nitrogens with zero attached hydrogens (tertiary/aromatic N) is 2. The summed E-state index contributed by atoms with van der Waals surface area (Å²) in [5.41, 5.74) is 4.33. The van der Waals surface area contributed by atoms with E-state index in [0.29, 0.717) is 30.2 Å². The van der Waals surface area contributed by atoms with E-state index in [-0.39, 0.29) is 5.91 Å². The van der Waals surface area contributed by atoms with Gasteiger partial charge in [-0.25, -0.2) is 0 Å². The molecule has 0 radical (unpaired) electrons. The molecule has 0 aromatic heterocycles. The van der Waals surface area contributed by atoms with Gasteiger partial charge in [-0.05, 0) is 43.2 Å². The van der Waals surface area contributed by atoms with Gasteiger partial charge in [-0.3, -0.25) is 14.7 Å². The molecule has 0 aliphatic carbocycles. The second-order valence-corrected chi connectivity index (χ2v) is 7.35. The third-order valence-electron chi connectivity index (χ3n) is 4.54. The molecule has 2 aromatic rings. The molecule has 1 aliphatic rings. The van der Waals surface area contributed by atoms with Crippen LogP contribution in [0, 0.1) is 13.8 Å². The van der Waals surface area contributed by atoms with E-state index in [2.05, 4.69) is 37.0 Å². The maximum Gasteiger partial charge on any atom is 0.260 e. The van der Waals surface area contributed by atoms with Crippen molar-refractivity contribution in [1.82, 2.24) is 4.90 Å². The van der Waals surface area contributed by atoms with E-state index in [9.17, 15) is 4.79 Å². The van der Waals surface area contributed by atoms with Gasteiger partial charge in [-0.15, -0.1) is 0 Å².